The maximum absolute atomic E-state index is 13.2. The van der Waals surface area contributed by atoms with Crippen LogP contribution < -0.4 is 5.56 Å². The van der Waals surface area contributed by atoms with Crippen LogP contribution in [-0.4, -0.2) is 28.0 Å². The van der Waals surface area contributed by atoms with Gasteiger partial charge in [-0.05, 0) is 49.4 Å². The molecule has 0 aliphatic heterocycles. The summed E-state index contributed by atoms with van der Waals surface area (Å²) in [6, 6.07) is 12.1. The Morgan fingerprint density at radius 1 is 1.07 bits per heavy atom. The molecule has 1 N–H and O–H groups in total. The van der Waals surface area contributed by atoms with Gasteiger partial charge in [0.25, 0.3) is 5.56 Å². The minimum atomic E-state index is -0.879. The van der Waals surface area contributed by atoms with Gasteiger partial charge in [-0.25, -0.2) is 9.18 Å². The lowest BCUT2D eigenvalue weighted by Gasteiger charge is -2.12. The van der Waals surface area contributed by atoms with E-state index in [4.69, 9.17) is 4.74 Å². The number of hydrogen-bond donors (Lipinski definition) is 1. The Morgan fingerprint density at radius 2 is 1.75 bits per heavy atom. The van der Waals surface area contributed by atoms with Gasteiger partial charge in [-0.3, -0.25) is 14.2 Å². The summed E-state index contributed by atoms with van der Waals surface area (Å²) in [6.45, 7) is 1.64. The number of ether oxygens (including phenoxy) is 1. The Balaban J connectivity index is 2.21. The predicted molar refractivity (Wildman–Crippen MR) is 99.5 cm³/mol. The topological polar surface area (TPSA) is 85.6 Å². The van der Waals surface area contributed by atoms with Crippen molar-refractivity contribution in [1.82, 2.24) is 4.57 Å². The summed E-state index contributed by atoms with van der Waals surface area (Å²) in [5, 5.41) is 9.95. The number of halogens is 1. The van der Waals surface area contributed by atoms with Crippen molar-refractivity contribution in [1.29, 1.82) is 0 Å². The normalized spacial score (nSPS) is 10.5. The number of hydrogen-bond acceptors (Lipinski definition) is 5. The van der Waals surface area contributed by atoms with Crippen molar-refractivity contribution in [3.05, 3.63) is 93.7 Å². The van der Waals surface area contributed by atoms with Gasteiger partial charge < -0.3 is 9.84 Å². The quantitative estimate of drug-likeness (QED) is 0.542. The van der Waals surface area contributed by atoms with E-state index >= 15 is 0 Å². The SMILES string of the molecule is CCOC(=O)c1cc(C(=O)c2ccccc2O)cn(-c2ccc(F)cc2)c1=O. The molecule has 0 aliphatic rings. The number of carbonyl (C=O) groups excluding carboxylic acids is 2. The lowest BCUT2D eigenvalue weighted by atomic mass is 10.0. The van der Waals surface area contributed by atoms with Gasteiger partial charge in [0.05, 0.1) is 12.2 Å². The van der Waals surface area contributed by atoms with E-state index in [1.165, 1.54) is 30.5 Å². The Hall–Kier alpha value is -3.74. The van der Waals surface area contributed by atoms with Crippen LogP contribution in [-0.2, 0) is 4.74 Å². The number of ketones is 1. The highest BCUT2D eigenvalue weighted by Gasteiger charge is 2.21. The summed E-state index contributed by atoms with van der Waals surface area (Å²) in [5.41, 5.74) is -0.773. The predicted octanol–water partition coefficient (Wildman–Crippen LogP) is 3.09. The molecule has 6 nitrogen and oxygen atoms in total. The first-order valence-corrected chi connectivity index (χ1v) is 8.45. The molecule has 3 aromatic rings. The standard InChI is InChI=1S/C21H16FNO5/c1-2-28-21(27)17-11-13(19(25)16-5-3-4-6-18(16)24)12-23(20(17)26)15-9-7-14(22)8-10-15/h3-12,24H,2H2,1H3. The molecule has 142 valence electrons. The maximum Gasteiger partial charge on any atom is 0.343 e. The van der Waals surface area contributed by atoms with Crippen molar-refractivity contribution in [3.63, 3.8) is 0 Å². The van der Waals surface area contributed by atoms with Crippen molar-refractivity contribution in [3.8, 4) is 11.4 Å². The largest absolute Gasteiger partial charge is 0.507 e. The van der Waals surface area contributed by atoms with E-state index in [0.29, 0.717) is 0 Å². The van der Waals surface area contributed by atoms with Gasteiger partial charge in [0.15, 0.2) is 5.78 Å². The molecule has 28 heavy (non-hydrogen) atoms. The van der Waals surface area contributed by atoms with Crippen molar-refractivity contribution in [2.24, 2.45) is 0 Å². The van der Waals surface area contributed by atoms with E-state index in [-0.39, 0.29) is 34.7 Å². The molecule has 7 heteroatoms. The van der Waals surface area contributed by atoms with Crippen LogP contribution in [0.3, 0.4) is 0 Å². The van der Waals surface area contributed by atoms with Crippen molar-refractivity contribution < 1.29 is 23.8 Å². The molecule has 0 aliphatic carbocycles. The monoisotopic (exact) mass is 381 g/mol. The number of nitrogens with zero attached hydrogens (tertiary/aromatic N) is 1. The van der Waals surface area contributed by atoms with Gasteiger partial charge in [0, 0.05) is 17.4 Å². The molecule has 0 fully saturated rings. The zero-order chi connectivity index (χ0) is 20.3. The first kappa shape index (κ1) is 19.0. The molecule has 2 aromatic carbocycles. The Labute approximate surface area is 159 Å². The summed E-state index contributed by atoms with van der Waals surface area (Å²) in [4.78, 5) is 37.8. The second-order valence-electron chi connectivity index (χ2n) is 5.86. The van der Waals surface area contributed by atoms with E-state index in [1.54, 1.807) is 19.1 Å². The molecule has 0 amide bonds. The van der Waals surface area contributed by atoms with Gasteiger partial charge in [-0.1, -0.05) is 12.1 Å². The van der Waals surface area contributed by atoms with E-state index in [2.05, 4.69) is 0 Å². The third kappa shape index (κ3) is 3.68. The third-order valence-corrected chi connectivity index (χ3v) is 4.03. The number of pyridine rings is 1. The Kier molecular flexibility index (Phi) is 5.35. The minimum absolute atomic E-state index is 0.00604. The molecule has 1 aromatic heterocycles. The number of para-hydroxylation sites is 1. The number of phenols is 1. The van der Waals surface area contributed by atoms with Crippen molar-refractivity contribution in [2.45, 2.75) is 6.92 Å². The first-order chi connectivity index (χ1) is 13.4. The lowest BCUT2D eigenvalue weighted by molar-refractivity contribution is 0.0524. The maximum atomic E-state index is 13.2. The van der Waals surface area contributed by atoms with Gasteiger partial charge in [-0.15, -0.1) is 0 Å². The average molecular weight is 381 g/mol. The number of aromatic hydroxyl groups is 1. The third-order valence-electron chi connectivity index (χ3n) is 4.03. The minimum Gasteiger partial charge on any atom is -0.507 e. The van der Waals surface area contributed by atoms with E-state index in [9.17, 15) is 23.9 Å². The van der Waals surface area contributed by atoms with E-state index in [1.807, 2.05) is 0 Å². The number of carbonyl (C=O) groups is 2. The van der Waals surface area contributed by atoms with Gasteiger partial charge >= 0.3 is 5.97 Å². The van der Waals surface area contributed by atoms with Gasteiger partial charge in [0.1, 0.15) is 17.1 Å². The molecule has 3 rings (SSSR count). The summed E-state index contributed by atoms with van der Waals surface area (Å²) in [5.74, 6) is -2.19. The fraction of sp³-hybridized carbons (Fsp3) is 0.0952. The second kappa shape index (κ2) is 7.87. The highest BCUT2D eigenvalue weighted by Crippen LogP contribution is 2.21. The van der Waals surface area contributed by atoms with Crippen LogP contribution in [0.4, 0.5) is 4.39 Å². The van der Waals surface area contributed by atoms with Gasteiger partial charge in [0.2, 0.25) is 0 Å². The van der Waals surface area contributed by atoms with E-state index in [0.717, 1.165) is 22.8 Å². The summed E-state index contributed by atoms with van der Waals surface area (Å²) in [7, 11) is 0. The number of phenolic OH excluding ortho intramolecular Hbond substituents is 1. The van der Waals surface area contributed by atoms with Crippen LogP contribution in [0.1, 0.15) is 33.2 Å². The average Bonchev–Trinajstić information content (AvgIpc) is 2.69. The molecule has 0 saturated heterocycles. The van der Waals surface area contributed by atoms with Crippen LogP contribution in [0.2, 0.25) is 0 Å². The zero-order valence-corrected chi connectivity index (χ0v) is 14.9. The van der Waals surface area contributed by atoms with Crippen molar-refractivity contribution >= 4 is 11.8 Å². The summed E-state index contributed by atoms with van der Waals surface area (Å²) < 4.78 is 19.2. The molecule has 0 bridgehead atoms. The molecule has 1 heterocycles. The van der Waals surface area contributed by atoms with Crippen molar-refractivity contribution in [2.75, 3.05) is 6.61 Å². The Morgan fingerprint density at radius 3 is 2.39 bits per heavy atom. The molecule has 0 radical (unpaired) electrons. The highest BCUT2D eigenvalue weighted by atomic mass is 19.1. The van der Waals surface area contributed by atoms with Crippen LogP contribution in [0.15, 0.2) is 65.6 Å². The van der Waals surface area contributed by atoms with Crippen LogP contribution in [0.5, 0.6) is 5.75 Å². The number of esters is 1. The second-order valence-corrected chi connectivity index (χ2v) is 5.86. The Bertz CT molecular complexity index is 1100. The molecular weight excluding hydrogens is 365 g/mol. The fourth-order valence-corrected chi connectivity index (χ4v) is 2.68. The molecule has 0 unspecified atom stereocenters. The smallest absolute Gasteiger partial charge is 0.343 e. The number of benzene rings is 2. The lowest BCUT2D eigenvalue weighted by Crippen LogP contribution is -2.27. The molecule has 0 atom stereocenters. The number of aromatic nitrogens is 1. The molecule has 0 spiro atoms. The zero-order valence-electron chi connectivity index (χ0n) is 14.9. The summed E-state index contributed by atoms with van der Waals surface area (Å²) >= 11 is 0. The summed E-state index contributed by atoms with van der Waals surface area (Å²) in [6.07, 6.45) is 1.24. The van der Waals surface area contributed by atoms with Crippen LogP contribution in [0.25, 0.3) is 5.69 Å². The number of rotatable bonds is 5. The highest BCUT2D eigenvalue weighted by molar-refractivity contribution is 6.11. The van der Waals surface area contributed by atoms with Crippen LogP contribution in [0, 0.1) is 5.82 Å². The van der Waals surface area contributed by atoms with E-state index < -0.39 is 23.1 Å². The van der Waals surface area contributed by atoms with Gasteiger partial charge in [-0.2, -0.15) is 0 Å². The first-order valence-electron chi connectivity index (χ1n) is 8.45. The fourth-order valence-electron chi connectivity index (χ4n) is 2.68. The van der Waals surface area contributed by atoms with Crippen LogP contribution >= 0.6 is 0 Å². The molecule has 0 saturated carbocycles. The molecular formula is C21H16FNO5.